The Balaban J connectivity index is 1.50. The number of carbonyl (C=O) groups is 1. The van der Waals surface area contributed by atoms with Crippen molar-refractivity contribution in [2.45, 2.75) is 23.6 Å². The molecule has 0 fully saturated rings. The van der Waals surface area contributed by atoms with E-state index in [4.69, 9.17) is 23.2 Å². The first-order chi connectivity index (χ1) is 13.9. The second-order valence-corrected chi connectivity index (χ2v) is 9.11. The predicted octanol–water partition coefficient (Wildman–Crippen LogP) is 5.59. The van der Waals surface area contributed by atoms with Gasteiger partial charge in [-0.15, -0.1) is 22.0 Å². The summed E-state index contributed by atoms with van der Waals surface area (Å²) in [4.78, 5) is 12.2. The third-order valence-corrected chi connectivity index (χ3v) is 6.77. The van der Waals surface area contributed by atoms with Crippen LogP contribution in [0.15, 0.2) is 47.6 Å². The van der Waals surface area contributed by atoms with Crippen LogP contribution in [-0.4, -0.2) is 26.4 Å². The van der Waals surface area contributed by atoms with Crippen molar-refractivity contribution in [2.75, 3.05) is 11.1 Å². The van der Waals surface area contributed by atoms with E-state index in [2.05, 4.69) is 15.5 Å². The van der Waals surface area contributed by atoms with Crippen LogP contribution in [0, 0.1) is 6.92 Å². The molecule has 152 valence electrons. The van der Waals surface area contributed by atoms with Gasteiger partial charge in [-0.2, -0.15) is 0 Å². The number of carbonyl (C=O) groups excluding carboxylic acids is 1. The van der Waals surface area contributed by atoms with Crippen LogP contribution in [-0.2, 0) is 23.3 Å². The van der Waals surface area contributed by atoms with Gasteiger partial charge < -0.3 is 9.88 Å². The topological polar surface area (TPSA) is 59.8 Å². The van der Waals surface area contributed by atoms with E-state index in [1.807, 2.05) is 54.9 Å². The molecule has 1 aromatic heterocycles. The Bertz CT molecular complexity index is 1010. The summed E-state index contributed by atoms with van der Waals surface area (Å²) in [6, 6.07) is 13.2. The SMILES string of the molecule is Cc1ccccc1NC(=O)CSc1nnc(CSCc2ccc(Cl)cc2Cl)n1C. The van der Waals surface area contributed by atoms with Crippen LogP contribution in [0.2, 0.25) is 10.0 Å². The number of nitrogens with one attached hydrogen (secondary N) is 1. The molecule has 0 unspecified atom stereocenters. The average molecular weight is 467 g/mol. The lowest BCUT2D eigenvalue weighted by Gasteiger charge is -2.08. The molecule has 3 aromatic rings. The summed E-state index contributed by atoms with van der Waals surface area (Å²) in [7, 11) is 1.91. The van der Waals surface area contributed by atoms with E-state index in [0.29, 0.717) is 21.0 Å². The minimum atomic E-state index is -0.0689. The number of para-hydroxylation sites is 1. The van der Waals surface area contributed by atoms with Crippen molar-refractivity contribution in [1.29, 1.82) is 0 Å². The second-order valence-electron chi connectivity index (χ2n) is 6.34. The normalized spacial score (nSPS) is 10.9. The summed E-state index contributed by atoms with van der Waals surface area (Å²) < 4.78 is 1.92. The lowest BCUT2D eigenvalue weighted by Crippen LogP contribution is -2.15. The van der Waals surface area contributed by atoms with E-state index in [0.717, 1.165) is 28.4 Å². The van der Waals surface area contributed by atoms with E-state index in [1.165, 1.54) is 11.8 Å². The van der Waals surface area contributed by atoms with Crippen LogP contribution >= 0.6 is 46.7 Å². The van der Waals surface area contributed by atoms with Crippen LogP contribution in [0.3, 0.4) is 0 Å². The number of anilines is 1. The summed E-state index contributed by atoms with van der Waals surface area (Å²) in [6.45, 7) is 1.96. The fraction of sp³-hybridized carbons (Fsp3) is 0.250. The number of hydrogen-bond donors (Lipinski definition) is 1. The predicted molar refractivity (Wildman–Crippen MR) is 123 cm³/mol. The van der Waals surface area contributed by atoms with Gasteiger partial charge in [-0.25, -0.2) is 0 Å². The Hall–Kier alpha value is -1.67. The maximum Gasteiger partial charge on any atom is 0.234 e. The minimum Gasteiger partial charge on any atom is -0.325 e. The first-order valence-corrected chi connectivity index (χ1v) is 11.7. The second kappa shape index (κ2) is 10.4. The summed E-state index contributed by atoms with van der Waals surface area (Å²) in [5.74, 6) is 2.50. The maximum atomic E-state index is 12.2. The molecule has 2 aromatic carbocycles. The van der Waals surface area contributed by atoms with Gasteiger partial charge >= 0.3 is 0 Å². The standard InChI is InChI=1S/C20H20Cl2N4OS2/c1-13-5-3-4-6-17(13)23-19(27)12-29-20-25-24-18(26(20)2)11-28-10-14-7-8-15(21)9-16(14)22/h3-9H,10-12H2,1-2H3,(H,23,27). The quantitative estimate of drug-likeness (QED) is 0.438. The smallest absolute Gasteiger partial charge is 0.234 e. The lowest BCUT2D eigenvalue weighted by molar-refractivity contribution is -0.113. The summed E-state index contributed by atoms with van der Waals surface area (Å²) in [6.07, 6.45) is 0. The van der Waals surface area contributed by atoms with Crippen molar-refractivity contribution < 1.29 is 4.79 Å². The third-order valence-electron chi connectivity index (χ3n) is 4.18. The highest BCUT2D eigenvalue weighted by atomic mass is 35.5. The number of rotatable bonds is 8. The van der Waals surface area contributed by atoms with Gasteiger partial charge in [0, 0.05) is 28.5 Å². The molecule has 1 amide bonds. The van der Waals surface area contributed by atoms with Gasteiger partial charge in [-0.3, -0.25) is 4.79 Å². The highest BCUT2D eigenvalue weighted by Gasteiger charge is 2.12. The van der Waals surface area contributed by atoms with Gasteiger partial charge in [0.15, 0.2) is 5.16 Å². The fourth-order valence-corrected chi connectivity index (χ4v) is 4.81. The molecule has 3 rings (SSSR count). The van der Waals surface area contributed by atoms with Gasteiger partial charge in [0.2, 0.25) is 5.91 Å². The molecule has 0 saturated carbocycles. The molecule has 0 aliphatic carbocycles. The lowest BCUT2D eigenvalue weighted by atomic mass is 10.2. The van der Waals surface area contributed by atoms with E-state index < -0.39 is 0 Å². The van der Waals surface area contributed by atoms with Crippen LogP contribution in [0.4, 0.5) is 5.69 Å². The van der Waals surface area contributed by atoms with Gasteiger partial charge in [0.05, 0.1) is 11.5 Å². The largest absolute Gasteiger partial charge is 0.325 e. The first kappa shape index (κ1) is 22.0. The van der Waals surface area contributed by atoms with Gasteiger partial charge in [0.1, 0.15) is 5.82 Å². The highest BCUT2D eigenvalue weighted by Crippen LogP contribution is 2.26. The van der Waals surface area contributed by atoms with Crippen molar-refractivity contribution in [3.8, 4) is 0 Å². The van der Waals surface area contributed by atoms with Crippen molar-refractivity contribution in [2.24, 2.45) is 7.05 Å². The van der Waals surface area contributed by atoms with Crippen molar-refractivity contribution in [3.05, 3.63) is 69.5 Å². The number of aromatic nitrogens is 3. The molecule has 0 aliphatic rings. The molecule has 5 nitrogen and oxygen atoms in total. The molecule has 0 radical (unpaired) electrons. The molecule has 0 bridgehead atoms. The van der Waals surface area contributed by atoms with Gasteiger partial charge in [-0.1, -0.05) is 59.2 Å². The summed E-state index contributed by atoms with van der Waals surface area (Å²) >= 11 is 15.2. The number of aryl methyl sites for hydroxylation is 1. The van der Waals surface area contributed by atoms with Crippen LogP contribution < -0.4 is 5.32 Å². The highest BCUT2D eigenvalue weighted by molar-refractivity contribution is 7.99. The molecule has 29 heavy (non-hydrogen) atoms. The molecular weight excluding hydrogens is 447 g/mol. The van der Waals surface area contributed by atoms with Gasteiger partial charge in [0.25, 0.3) is 0 Å². The first-order valence-electron chi connectivity index (χ1n) is 8.82. The Labute approximate surface area is 188 Å². The molecule has 0 saturated heterocycles. The Morgan fingerprint density at radius 1 is 1.14 bits per heavy atom. The third kappa shape index (κ3) is 6.15. The number of thioether (sulfide) groups is 2. The Kier molecular flexibility index (Phi) is 7.89. The molecule has 1 N–H and O–H groups in total. The van der Waals surface area contributed by atoms with E-state index >= 15 is 0 Å². The van der Waals surface area contributed by atoms with E-state index in [9.17, 15) is 4.79 Å². The Morgan fingerprint density at radius 2 is 1.93 bits per heavy atom. The zero-order valence-corrected chi connectivity index (χ0v) is 19.1. The number of benzene rings is 2. The van der Waals surface area contributed by atoms with E-state index in [1.54, 1.807) is 17.8 Å². The maximum absolute atomic E-state index is 12.2. The molecule has 0 spiro atoms. The number of nitrogens with zero attached hydrogens (tertiary/aromatic N) is 3. The minimum absolute atomic E-state index is 0.0689. The van der Waals surface area contributed by atoms with Crippen molar-refractivity contribution in [3.63, 3.8) is 0 Å². The van der Waals surface area contributed by atoms with Gasteiger partial charge in [-0.05, 0) is 36.2 Å². The zero-order valence-electron chi connectivity index (χ0n) is 16.0. The van der Waals surface area contributed by atoms with Crippen molar-refractivity contribution >= 4 is 58.3 Å². The average Bonchev–Trinajstić information content (AvgIpc) is 3.03. The molecule has 1 heterocycles. The summed E-state index contributed by atoms with van der Waals surface area (Å²) in [5, 5.41) is 13.4. The number of amides is 1. The fourth-order valence-electron chi connectivity index (χ4n) is 2.52. The van der Waals surface area contributed by atoms with Crippen LogP contribution in [0.25, 0.3) is 0 Å². The molecular formula is C20H20Cl2N4OS2. The molecule has 0 aliphatic heterocycles. The Morgan fingerprint density at radius 3 is 2.69 bits per heavy atom. The van der Waals surface area contributed by atoms with E-state index in [-0.39, 0.29) is 11.7 Å². The number of hydrogen-bond acceptors (Lipinski definition) is 5. The number of halogens is 2. The zero-order chi connectivity index (χ0) is 20.8. The molecule has 0 atom stereocenters. The monoisotopic (exact) mass is 466 g/mol. The van der Waals surface area contributed by atoms with Crippen molar-refractivity contribution in [1.82, 2.24) is 14.8 Å². The van der Waals surface area contributed by atoms with Crippen LogP contribution in [0.5, 0.6) is 0 Å². The summed E-state index contributed by atoms with van der Waals surface area (Å²) in [5.41, 5.74) is 2.89. The van der Waals surface area contributed by atoms with Crippen LogP contribution in [0.1, 0.15) is 17.0 Å². The molecule has 9 heteroatoms.